The quantitative estimate of drug-likeness (QED) is 0.933. The Labute approximate surface area is 131 Å². The number of amidine groups is 1. The molecular weight excluding hydrogens is 276 g/mol. The van der Waals surface area contributed by atoms with Gasteiger partial charge in [-0.3, -0.25) is 4.79 Å². The van der Waals surface area contributed by atoms with E-state index in [-0.39, 0.29) is 0 Å². The van der Waals surface area contributed by atoms with Crippen LogP contribution < -0.4 is 0 Å². The second-order valence-corrected chi connectivity index (χ2v) is 6.49. The molecule has 1 unspecified atom stereocenters. The highest BCUT2D eigenvalue weighted by atomic mass is 16.3. The third kappa shape index (κ3) is 3.38. The topological polar surface area (TPSA) is 52.9 Å². The second-order valence-electron chi connectivity index (χ2n) is 6.49. The number of hydrogen-bond donors (Lipinski definition) is 1. The molecule has 1 fully saturated rings. The SMILES string of the molecule is Cc1cccc(CC2=NC(=O)C(O)CN2C2CCCCC2)c1. The summed E-state index contributed by atoms with van der Waals surface area (Å²) in [5.74, 6) is 0.433. The van der Waals surface area contributed by atoms with Crippen molar-refractivity contribution >= 4 is 11.7 Å². The smallest absolute Gasteiger partial charge is 0.278 e. The van der Waals surface area contributed by atoms with Gasteiger partial charge in [-0.15, -0.1) is 0 Å². The van der Waals surface area contributed by atoms with Gasteiger partial charge in [-0.05, 0) is 25.3 Å². The fraction of sp³-hybridized carbons (Fsp3) is 0.556. The standard InChI is InChI=1S/C18H24N2O2/c1-13-6-5-7-14(10-13)11-17-19-18(22)16(21)12-20(17)15-8-3-2-4-9-15/h5-7,10,15-16,21H,2-4,8-9,11-12H2,1H3. The molecule has 0 aromatic heterocycles. The molecule has 118 valence electrons. The van der Waals surface area contributed by atoms with Gasteiger partial charge in [0.1, 0.15) is 5.84 Å². The van der Waals surface area contributed by atoms with Crippen LogP contribution in [0.2, 0.25) is 0 Å². The van der Waals surface area contributed by atoms with E-state index >= 15 is 0 Å². The number of rotatable bonds is 3. The fourth-order valence-electron chi connectivity index (χ4n) is 3.53. The Hall–Kier alpha value is -1.68. The average molecular weight is 300 g/mol. The molecule has 3 rings (SSSR count). The van der Waals surface area contributed by atoms with Gasteiger partial charge in [0.05, 0.1) is 6.54 Å². The van der Waals surface area contributed by atoms with Gasteiger partial charge in [-0.1, -0.05) is 49.1 Å². The van der Waals surface area contributed by atoms with E-state index in [2.05, 4.69) is 35.0 Å². The summed E-state index contributed by atoms with van der Waals surface area (Å²) in [6.07, 6.45) is 5.70. The molecule has 1 N–H and O–H groups in total. The monoisotopic (exact) mass is 300 g/mol. The van der Waals surface area contributed by atoms with E-state index in [1.807, 2.05) is 6.07 Å². The highest BCUT2D eigenvalue weighted by Gasteiger charge is 2.32. The lowest BCUT2D eigenvalue weighted by molar-refractivity contribution is -0.127. The Morgan fingerprint density at radius 2 is 2.05 bits per heavy atom. The van der Waals surface area contributed by atoms with Gasteiger partial charge < -0.3 is 10.0 Å². The molecule has 1 aromatic rings. The van der Waals surface area contributed by atoms with Crippen LogP contribution in [-0.4, -0.2) is 40.4 Å². The summed E-state index contributed by atoms with van der Waals surface area (Å²) in [6.45, 7) is 2.47. The van der Waals surface area contributed by atoms with Gasteiger partial charge in [-0.25, -0.2) is 0 Å². The van der Waals surface area contributed by atoms with Gasteiger partial charge in [0.2, 0.25) is 0 Å². The van der Waals surface area contributed by atoms with Crippen LogP contribution in [-0.2, 0) is 11.2 Å². The molecule has 0 saturated heterocycles. The number of amides is 1. The zero-order valence-corrected chi connectivity index (χ0v) is 13.2. The lowest BCUT2D eigenvalue weighted by atomic mass is 9.93. The maximum Gasteiger partial charge on any atom is 0.278 e. The van der Waals surface area contributed by atoms with E-state index in [0.29, 0.717) is 19.0 Å². The van der Waals surface area contributed by atoms with Crippen molar-refractivity contribution in [1.82, 2.24) is 4.90 Å². The van der Waals surface area contributed by atoms with Crippen LogP contribution in [0.15, 0.2) is 29.3 Å². The number of hydrogen-bond acceptors (Lipinski definition) is 3. The Morgan fingerprint density at radius 3 is 2.77 bits per heavy atom. The van der Waals surface area contributed by atoms with Crippen LogP contribution >= 0.6 is 0 Å². The van der Waals surface area contributed by atoms with E-state index < -0.39 is 12.0 Å². The summed E-state index contributed by atoms with van der Waals surface area (Å²) in [4.78, 5) is 18.2. The molecule has 1 aliphatic heterocycles. The van der Waals surface area contributed by atoms with Gasteiger partial charge in [0, 0.05) is 12.5 Å². The van der Waals surface area contributed by atoms with Crippen molar-refractivity contribution in [3.05, 3.63) is 35.4 Å². The molecule has 22 heavy (non-hydrogen) atoms. The molecule has 2 aliphatic rings. The number of aliphatic imine (C=N–C) groups is 1. The summed E-state index contributed by atoms with van der Waals surface area (Å²) in [5.41, 5.74) is 2.38. The van der Waals surface area contributed by atoms with Crippen LogP contribution in [0.4, 0.5) is 0 Å². The Balaban J connectivity index is 1.83. The van der Waals surface area contributed by atoms with E-state index in [9.17, 15) is 9.90 Å². The molecule has 0 spiro atoms. The minimum absolute atomic E-state index is 0.394. The second kappa shape index (κ2) is 6.61. The number of nitrogens with zero attached hydrogens (tertiary/aromatic N) is 2. The summed E-state index contributed by atoms with van der Waals surface area (Å²) in [7, 11) is 0. The first-order chi connectivity index (χ1) is 10.6. The van der Waals surface area contributed by atoms with E-state index in [0.717, 1.165) is 18.7 Å². The minimum Gasteiger partial charge on any atom is -0.381 e. The molecule has 1 amide bonds. The molecular formula is C18H24N2O2. The maximum absolute atomic E-state index is 11.8. The third-order valence-electron chi connectivity index (χ3n) is 4.69. The molecule has 1 aromatic carbocycles. The van der Waals surface area contributed by atoms with Crippen molar-refractivity contribution in [2.45, 2.75) is 57.6 Å². The first-order valence-corrected chi connectivity index (χ1v) is 8.25. The predicted molar refractivity (Wildman–Crippen MR) is 86.9 cm³/mol. The molecule has 1 heterocycles. The Bertz CT molecular complexity index is 576. The van der Waals surface area contributed by atoms with Crippen LogP contribution in [0.1, 0.15) is 43.2 Å². The first kappa shape index (κ1) is 15.2. The highest BCUT2D eigenvalue weighted by Crippen LogP contribution is 2.25. The zero-order chi connectivity index (χ0) is 15.5. The summed E-state index contributed by atoms with van der Waals surface area (Å²) in [6, 6.07) is 8.73. The first-order valence-electron chi connectivity index (χ1n) is 8.25. The maximum atomic E-state index is 11.8. The number of carbonyl (C=O) groups excluding carboxylic acids is 1. The van der Waals surface area contributed by atoms with Crippen LogP contribution in [0.5, 0.6) is 0 Å². The van der Waals surface area contributed by atoms with Crippen molar-refractivity contribution in [2.75, 3.05) is 6.54 Å². The Morgan fingerprint density at radius 1 is 1.27 bits per heavy atom. The lowest BCUT2D eigenvalue weighted by Crippen LogP contribution is -2.51. The molecule has 0 bridgehead atoms. The summed E-state index contributed by atoms with van der Waals surface area (Å²) >= 11 is 0. The van der Waals surface area contributed by atoms with Crippen molar-refractivity contribution in [3.8, 4) is 0 Å². The van der Waals surface area contributed by atoms with Crippen LogP contribution in [0.25, 0.3) is 0 Å². The number of aliphatic hydroxyl groups excluding tert-OH is 1. The molecule has 0 radical (unpaired) electrons. The van der Waals surface area contributed by atoms with E-state index in [4.69, 9.17) is 0 Å². The van der Waals surface area contributed by atoms with Gasteiger partial charge in [0.15, 0.2) is 6.10 Å². The fourth-order valence-corrected chi connectivity index (χ4v) is 3.53. The molecule has 1 atom stereocenters. The van der Waals surface area contributed by atoms with Crippen molar-refractivity contribution in [1.29, 1.82) is 0 Å². The summed E-state index contributed by atoms with van der Waals surface area (Å²) in [5, 5.41) is 9.91. The molecule has 1 aliphatic carbocycles. The van der Waals surface area contributed by atoms with Gasteiger partial charge in [0.25, 0.3) is 5.91 Å². The van der Waals surface area contributed by atoms with Crippen LogP contribution in [0.3, 0.4) is 0 Å². The van der Waals surface area contributed by atoms with Crippen molar-refractivity contribution in [2.24, 2.45) is 4.99 Å². The molecule has 1 saturated carbocycles. The predicted octanol–water partition coefficient (Wildman–Crippen LogP) is 2.47. The van der Waals surface area contributed by atoms with Gasteiger partial charge in [-0.2, -0.15) is 4.99 Å². The zero-order valence-electron chi connectivity index (χ0n) is 13.2. The number of benzene rings is 1. The summed E-state index contributed by atoms with van der Waals surface area (Å²) < 4.78 is 0. The minimum atomic E-state index is -0.969. The molecule has 4 nitrogen and oxygen atoms in total. The highest BCUT2D eigenvalue weighted by molar-refractivity contribution is 5.99. The number of aliphatic hydroxyl groups is 1. The normalized spacial score (nSPS) is 23.5. The molecule has 4 heteroatoms. The van der Waals surface area contributed by atoms with Crippen molar-refractivity contribution in [3.63, 3.8) is 0 Å². The number of β-amino-alcohol motifs (C(OH)–C–C–N with tert-alkyl or cyclic N) is 1. The largest absolute Gasteiger partial charge is 0.381 e. The third-order valence-corrected chi connectivity index (χ3v) is 4.69. The Kier molecular flexibility index (Phi) is 4.57. The van der Waals surface area contributed by atoms with E-state index in [1.54, 1.807) is 0 Å². The van der Waals surface area contributed by atoms with E-state index in [1.165, 1.54) is 30.4 Å². The van der Waals surface area contributed by atoms with Gasteiger partial charge >= 0.3 is 0 Å². The number of carbonyl (C=O) groups is 1. The lowest BCUT2D eigenvalue weighted by Gasteiger charge is -2.39. The van der Waals surface area contributed by atoms with Crippen LogP contribution in [0, 0.1) is 6.92 Å². The van der Waals surface area contributed by atoms with Crippen molar-refractivity contribution < 1.29 is 9.90 Å². The number of aryl methyl sites for hydroxylation is 1. The average Bonchev–Trinajstić information content (AvgIpc) is 2.51.